The molecule has 6 N–H and O–H groups in total. The van der Waals surface area contributed by atoms with Crippen LogP contribution in [-0.4, -0.2) is 65.3 Å². The number of unbranched alkanes of at least 4 members (excludes halogenated alkanes) is 1. The van der Waals surface area contributed by atoms with Crippen LogP contribution in [0.25, 0.3) is 0 Å². The molecule has 0 aromatic rings. The topological polar surface area (TPSA) is 168 Å². The number of carboxylic acid groups (broad SMARTS) is 2. The minimum atomic E-state index is -1.02. The van der Waals surface area contributed by atoms with Crippen LogP contribution in [0, 0.1) is 22.2 Å². The second-order valence-electron chi connectivity index (χ2n) is 14.7. The van der Waals surface area contributed by atoms with Crippen LogP contribution in [-0.2, 0) is 23.9 Å². The third-order valence-corrected chi connectivity index (χ3v) is 7.31. The van der Waals surface area contributed by atoms with Gasteiger partial charge >= 0.3 is 11.9 Å². The lowest BCUT2D eigenvalue weighted by molar-refractivity contribution is -0.143. The highest BCUT2D eigenvalue weighted by atomic mass is 16.5. The predicted molar refractivity (Wildman–Crippen MR) is 161 cm³/mol. The summed E-state index contributed by atoms with van der Waals surface area (Å²) >= 11 is 0. The Hall–Kier alpha value is -2.20. The first kappa shape index (κ1) is 38.8. The van der Waals surface area contributed by atoms with Crippen molar-refractivity contribution in [3.05, 3.63) is 0 Å². The van der Waals surface area contributed by atoms with Gasteiger partial charge in [-0.15, -0.1) is 0 Å². The lowest BCUT2D eigenvalue weighted by Gasteiger charge is -2.34. The normalized spacial score (nSPS) is 14.3. The molecule has 2 unspecified atom stereocenters. The van der Waals surface area contributed by atoms with Crippen LogP contribution < -0.4 is 16.4 Å². The Balaban J connectivity index is 4.42. The summed E-state index contributed by atoms with van der Waals surface area (Å²) in [6.45, 7) is 19.5. The van der Waals surface area contributed by atoms with E-state index in [-0.39, 0.29) is 29.1 Å². The quantitative estimate of drug-likeness (QED) is 0.120. The smallest absolute Gasteiger partial charge is 0.320 e. The van der Waals surface area contributed by atoms with Gasteiger partial charge in [-0.1, -0.05) is 48.5 Å². The number of hydrogen-bond donors (Lipinski definition) is 5. The third-order valence-electron chi connectivity index (χ3n) is 7.31. The van der Waals surface area contributed by atoms with Gasteiger partial charge in [0.1, 0.15) is 6.04 Å². The van der Waals surface area contributed by atoms with Crippen molar-refractivity contribution in [2.45, 2.75) is 132 Å². The zero-order valence-electron chi connectivity index (χ0n) is 27.2. The fourth-order valence-electron chi connectivity index (χ4n) is 5.21. The van der Waals surface area contributed by atoms with Crippen molar-refractivity contribution >= 4 is 23.8 Å². The van der Waals surface area contributed by atoms with Crippen molar-refractivity contribution in [2.24, 2.45) is 27.9 Å². The van der Waals surface area contributed by atoms with E-state index in [0.717, 1.165) is 6.42 Å². The molecule has 0 bridgehead atoms. The number of ether oxygens (including phenoxy) is 1. The van der Waals surface area contributed by atoms with E-state index in [1.165, 1.54) is 0 Å². The molecule has 10 nitrogen and oxygen atoms in total. The fourth-order valence-corrected chi connectivity index (χ4v) is 5.21. The molecule has 41 heavy (non-hydrogen) atoms. The maximum atomic E-state index is 12.6. The van der Waals surface area contributed by atoms with Crippen LogP contribution in [0.3, 0.4) is 0 Å². The molecular formula is C31H59N3O7. The number of carbonyl (C=O) groups excluding carboxylic acids is 2. The van der Waals surface area contributed by atoms with Crippen LogP contribution >= 0.6 is 0 Å². The molecular weight excluding hydrogens is 526 g/mol. The van der Waals surface area contributed by atoms with E-state index in [4.69, 9.17) is 15.6 Å². The Labute approximate surface area is 247 Å². The van der Waals surface area contributed by atoms with Gasteiger partial charge in [0.2, 0.25) is 11.8 Å². The first-order valence-electron chi connectivity index (χ1n) is 15.0. The fraction of sp³-hybridized carbons (Fsp3) is 0.871. The van der Waals surface area contributed by atoms with E-state index in [1.54, 1.807) is 0 Å². The molecule has 0 fully saturated rings. The van der Waals surface area contributed by atoms with Crippen molar-refractivity contribution in [1.82, 2.24) is 10.6 Å². The van der Waals surface area contributed by atoms with Gasteiger partial charge in [0.25, 0.3) is 0 Å². The number of carbonyl (C=O) groups is 4. The van der Waals surface area contributed by atoms with Crippen molar-refractivity contribution in [3.63, 3.8) is 0 Å². The van der Waals surface area contributed by atoms with E-state index in [9.17, 15) is 24.3 Å². The maximum absolute atomic E-state index is 12.6. The van der Waals surface area contributed by atoms with Crippen molar-refractivity contribution < 1.29 is 34.1 Å². The lowest BCUT2D eigenvalue weighted by atomic mass is 9.71. The third kappa shape index (κ3) is 18.8. The highest BCUT2D eigenvalue weighted by molar-refractivity contribution is 5.81. The molecule has 2 amide bonds. The largest absolute Gasteiger partial charge is 0.481 e. The molecule has 0 aliphatic carbocycles. The molecule has 0 aromatic carbocycles. The van der Waals surface area contributed by atoms with Crippen molar-refractivity contribution in [1.29, 1.82) is 0 Å². The summed E-state index contributed by atoms with van der Waals surface area (Å²) in [5.41, 5.74) is 4.31. The van der Waals surface area contributed by atoms with E-state index in [0.29, 0.717) is 64.6 Å². The van der Waals surface area contributed by atoms with Crippen LogP contribution in [0.15, 0.2) is 0 Å². The molecule has 0 heterocycles. The summed E-state index contributed by atoms with van der Waals surface area (Å²) in [7, 11) is 0. The van der Waals surface area contributed by atoms with Crippen LogP contribution in [0.1, 0.15) is 120 Å². The van der Waals surface area contributed by atoms with E-state index in [2.05, 4.69) is 45.3 Å². The van der Waals surface area contributed by atoms with Crippen molar-refractivity contribution in [2.75, 3.05) is 19.7 Å². The van der Waals surface area contributed by atoms with Crippen LogP contribution in [0.2, 0.25) is 0 Å². The number of aliphatic carboxylic acids is 2. The van der Waals surface area contributed by atoms with Gasteiger partial charge in [0.15, 0.2) is 0 Å². The molecule has 0 saturated carbocycles. The van der Waals surface area contributed by atoms with Gasteiger partial charge in [-0.3, -0.25) is 19.2 Å². The molecule has 0 aliphatic heterocycles. The van der Waals surface area contributed by atoms with Gasteiger partial charge in [-0.2, -0.15) is 0 Å². The summed E-state index contributed by atoms with van der Waals surface area (Å²) < 4.78 is 6.03. The van der Waals surface area contributed by atoms with E-state index >= 15 is 0 Å². The van der Waals surface area contributed by atoms with Crippen molar-refractivity contribution in [3.8, 4) is 0 Å². The number of rotatable bonds is 21. The first-order valence-corrected chi connectivity index (χ1v) is 15.0. The summed E-state index contributed by atoms with van der Waals surface area (Å²) in [4.78, 5) is 47.6. The average Bonchev–Trinajstić information content (AvgIpc) is 2.78. The molecule has 0 radical (unpaired) electrons. The number of hydrogen-bond acceptors (Lipinski definition) is 6. The summed E-state index contributed by atoms with van der Waals surface area (Å²) in [5.74, 6) is -2.69. The van der Waals surface area contributed by atoms with Crippen LogP contribution in [0.4, 0.5) is 0 Å². The van der Waals surface area contributed by atoms with Crippen LogP contribution in [0.5, 0.6) is 0 Å². The average molecular weight is 586 g/mol. The predicted octanol–water partition coefficient (Wildman–Crippen LogP) is 4.74. The second kappa shape index (κ2) is 17.0. The van der Waals surface area contributed by atoms with E-state index in [1.807, 2.05) is 27.7 Å². The minimum absolute atomic E-state index is 0.0878. The highest BCUT2D eigenvalue weighted by Gasteiger charge is 2.32. The molecule has 0 rings (SSSR count). The lowest BCUT2D eigenvalue weighted by Crippen LogP contribution is -2.39. The monoisotopic (exact) mass is 585 g/mol. The van der Waals surface area contributed by atoms with Gasteiger partial charge < -0.3 is 31.3 Å². The Morgan fingerprint density at radius 2 is 1.41 bits per heavy atom. The first-order chi connectivity index (χ1) is 18.6. The Morgan fingerprint density at radius 1 is 0.805 bits per heavy atom. The Morgan fingerprint density at radius 3 is 1.95 bits per heavy atom. The Kier molecular flexibility index (Phi) is 16.1. The maximum Gasteiger partial charge on any atom is 0.320 e. The summed E-state index contributed by atoms with van der Waals surface area (Å²) in [5, 5.41) is 24.3. The zero-order valence-corrected chi connectivity index (χ0v) is 27.2. The zero-order chi connectivity index (χ0) is 32.1. The molecule has 0 aromatic heterocycles. The van der Waals surface area contributed by atoms with Gasteiger partial charge in [-0.25, -0.2) is 0 Å². The number of nitrogens with two attached hydrogens (primary N) is 1. The van der Waals surface area contributed by atoms with E-state index < -0.39 is 34.9 Å². The summed E-state index contributed by atoms with van der Waals surface area (Å²) in [6.07, 6.45) is 4.65. The SMILES string of the molecule is CC(C)(C)CC(C)(C)CC(CCC(=O)NCCC(C)(C)OCCC(C)(C)C(=O)NCCCCC(N)C(=O)O)C(=O)O. The van der Waals surface area contributed by atoms with Gasteiger partial charge in [0.05, 0.1) is 11.5 Å². The minimum Gasteiger partial charge on any atom is -0.481 e. The highest BCUT2D eigenvalue weighted by Crippen LogP contribution is 2.39. The number of nitrogens with one attached hydrogen (secondary N) is 2. The number of carboxylic acids is 2. The standard InChI is InChI=1S/C31H59N3O7/c1-28(2,3)21-29(4,5)20-22(25(36)37)13-14-24(35)33-18-15-31(8,9)41-19-16-30(6,7)27(40)34-17-11-10-12-23(32)26(38)39/h22-23H,10-21,32H2,1-9H3,(H,33,35)(H,34,40)(H,36,37)(H,38,39). The molecule has 2 atom stereocenters. The second-order valence-corrected chi connectivity index (χ2v) is 14.7. The summed E-state index contributed by atoms with van der Waals surface area (Å²) in [6, 6.07) is -0.874. The molecule has 0 spiro atoms. The van der Waals surface area contributed by atoms with Gasteiger partial charge in [0, 0.05) is 31.5 Å². The van der Waals surface area contributed by atoms with Gasteiger partial charge in [-0.05, 0) is 76.0 Å². The number of amides is 2. The molecule has 0 aliphatic rings. The molecule has 240 valence electrons. The molecule has 10 heteroatoms. The molecule has 0 saturated heterocycles. The Bertz CT molecular complexity index is 847.